The Hall–Kier alpha value is -1.73. The van der Waals surface area contributed by atoms with Crippen molar-refractivity contribution in [3.05, 3.63) is 35.4 Å². The van der Waals surface area contributed by atoms with Crippen molar-refractivity contribution in [3.63, 3.8) is 0 Å². The van der Waals surface area contributed by atoms with E-state index in [4.69, 9.17) is 5.73 Å². The summed E-state index contributed by atoms with van der Waals surface area (Å²) in [7, 11) is 0. The molecule has 5 nitrogen and oxygen atoms in total. The highest BCUT2D eigenvalue weighted by atomic mass is 35.5. The van der Waals surface area contributed by atoms with Crippen molar-refractivity contribution in [1.82, 2.24) is 9.80 Å². The minimum absolute atomic E-state index is 0. The van der Waals surface area contributed by atoms with Gasteiger partial charge in [0.25, 0.3) is 5.91 Å². The first-order chi connectivity index (χ1) is 13.5. The lowest BCUT2D eigenvalue weighted by Crippen LogP contribution is -2.50. The molecule has 2 N–H and O–H groups in total. The molecule has 1 aromatic rings. The van der Waals surface area contributed by atoms with Crippen LogP contribution in [-0.4, -0.2) is 53.3 Å². The smallest absolute Gasteiger partial charge is 0.257 e. The Morgan fingerprint density at radius 1 is 1.14 bits per heavy atom. The molecule has 1 aromatic carbocycles. The van der Waals surface area contributed by atoms with E-state index in [2.05, 4.69) is 0 Å². The van der Waals surface area contributed by atoms with Gasteiger partial charge in [0.15, 0.2) is 0 Å². The molecule has 3 fully saturated rings. The van der Waals surface area contributed by atoms with Gasteiger partial charge < -0.3 is 15.5 Å². The van der Waals surface area contributed by atoms with Gasteiger partial charge in [0.1, 0.15) is 17.7 Å². The van der Waals surface area contributed by atoms with Crippen LogP contribution in [0.25, 0.3) is 0 Å². The summed E-state index contributed by atoms with van der Waals surface area (Å²) >= 11 is 0. The quantitative estimate of drug-likeness (QED) is 0.806. The first kappa shape index (κ1) is 22.0. The van der Waals surface area contributed by atoms with Crippen LogP contribution in [0.2, 0.25) is 0 Å². The SMILES string of the molecule is Cl.NCC1CCN(C(=O)C2CC3CCCCC3N2C(=O)c2ccc(F)cc2F)C1. The molecule has 0 bridgehead atoms. The van der Waals surface area contributed by atoms with E-state index >= 15 is 0 Å². The first-order valence-electron chi connectivity index (χ1n) is 10.3. The summed E-state index contributed by atoms with van der Waals surface area (Å²) < 4.78 is 27.6. The van der Waals surface area contributed by atoms with Gasteiger partial charge in [-0.25, -0.2) is 8.78 Å². The number of nitrogens with two attached hydrogens (primary N) is 1. The predicted molar refractivity (Wildman–Crippen MR) is 108 cm³/mol. The Balaban J connectivity index is 0.00000240. The van der Waals surface area contributed by atoms with E-state index in [0.717, 1.165) is 44.2 Å². The summed E-state index contributed by atoms with van der Waals surface area (Å²) in [6.45, 7) is 1.82. The molecule has 4 rings (SSSR count). The fourth-order valence-electron chi connectivity index (χ4n) is 5.21. The molecule has 0 spiro atoms. The number of likely N-dealkylation sites (tertiary alicyclic amines) is 2. The van der Waals surface area contributed by atoms with Crippen molar-refractivity contribution in [1.29, 1.82) is 0 Å². The molecule has 0 aromatic heterocycles. The zero-order chi connectivity index (χ0) is 19.8. The summed E-state index contributed by atoms with van der Waals surface area (Å²) in [6.07, 6.45) is 5.40. The fraction of sp³-hybridized carbons (Fsp3) is 0.619. The molecule has 1 aliphatic carbocycles. The first-order valence-corrected chi connectivity index (χ1v) is 10.3. The number of fused-ring (bicyclic) bond motifs is 1. The summed E-state index contributed by atoms with van der Waals surface area (Å²) in [5.74, 6) is -1.58. The Morgan fingerprint density at radius 2 is 1.90 bits per heavy atom. The van der Waals surface area contributed by atoms with Crippen molar-refractivity contribution in [2.45, 2.75) is 50.6 Å². The second-order valence-corrected chi connectivity index (χ2v) is 8.37. The van der Waals surface area contributed by atoms with Crippen molar-refractivity contribution in [3.8, 4) is 0 Å². The number of benzene rings is 1. The molecule has 2 heterocycles. The van der Waals surface area contributed by atoms with Crippen LogP contribution in [0.5, 0.6) is 0 Å². The minimum Gasteiger partial charge on any atom is -0.341 e. The van der Waals surface area contributed by atoms with E-state index in [9.17, 15) is 18.4 Å². The Morgan fingerprint density at radius 3 is 2.59 bits per heavy atom. The van der Waals surface area contributed by atoms with Gasteiger partial charge in [0.05, 0.1) is 5.56 Å². The average molecular weight is 428 g/mol. The molecule has 3 aliphatic rings. The highest BCUT2D eigenvalue weighted by molar-refractivity contribution is 5.98. The highest BCUT2D eigenvalue weighted by Crippen LogP contribution is 2.41. The van der Waals surface area contributed by atoms with Crippen LogP contribution < -0.4 is 5.73 Å². The lowest BCUT2D eigenvalue weighted by molar-refractivity contribution is -0.134. The maximum Gasteiger partial charge on any atom is 0.257 e. The second kappa shape index (κ2) is 8.96. The monoisotopic (exact) mass is 427 g/mol. The van der Waals surface area contributed by atoms with Crippen molar-refractivity contribution in [2.75, 3.05) is 19.6 Å². The van der Waals surface area contributed by atoms with Gasteiger partial charge in [-0.1, -0.05) is 12.8 Å². The average Bonchev–Trinajstić information content (AvgIpc) is 3.31. The lowest BCUT2D eigenvalue weighted by atomic mass is 9.84. The lowest BCUT2D eigenvalue weighted by Gasteiger charge is -2.34. The van der Waals surface area contributed by atoms with Gasteiger partial charge in [-0.05, 0) is 56.2 Å². The zero-order valence-corrected chi connectivity index (χ0v) is 17.2. The maximum absolute atomic E-state index is 14.3. The van der Waals surface area contributed by atoms with Gasteiger partial charge >= 0.3 is 0 Å². The predicted octanol–water partition coefficient (Wildman–Crippen LogP) is 2.97. The molecule has 4 atom stereocenters. The van der Waals surface area contributed by atoms with Gasteiger partial charge in [-0.2, -0.15) is 0 Å². The summed E-state index contributed by atoms with van der Waals surface area (Å²) in [6, 6.07) is 2.39. The minimum atomic E-state index is -0.875. The normalized spacial score (nSPS) is 28.8. The van der Waals surface area contributed by atoms with Crippen molar-refractivity contribution >= 4 is 24.2 Å². The Labute approximate surface area is 176 Å². The highest BCUT2D eigenvalue weighted by Gasteiger charge is 2.49. The van der Waals surface area contributed by atoms with Gasteiger partial charge in [-0.15, -0.1) is 12.4 Å². The number of hydrogen-bond acceptors (Lipinski definition) is 3. The van der Waals surface area contributed by atoms with E-state index in [1.165, 1.54) is 6.07 Å². The summed E-state index contributed by atoms with van der Waals surface area (Å²) in [5.41, 5.74) is 5.59. The number of carbonyl (C=O) groups is 2. The fourth-order valence-corrected chi connectivity index (χ4v) is 5.21. The number of amides is 2. The van der Waals surface area contributed by atoms with Crippen LogP contribution >= 0.6 is 12.4 Å². The third-order valence-electron chi connectivity index (χ3n) is 6.70. The van der Waals surface area contributed by atoms with E-state index in [0.29, 0.717) is 32.0 Å². The van der Waals surface area contributed by atoms with Gasteiger partial charge in [0.2, 0.25) is 5.91 Å². The molecule has 29 heavy (non-hydrogen) atoms. The standard InChI is InChI=1S/C21H27F2N3O2.ClH/c22-15-5-6-16(17(23)10-15)20(27)26-18-4-2-1-3-14(18)9-19(26)21(28)25-8-7-13(11-24)12-25;/h5-6,10,13-14,18-19H,1-4,7-9,11-12,24H2;1H. The van der Waals surface area contributed by atoms with Crippen LogP contribution in [0.4, 0.5) is 8.78 Å². The Kier molecular flexibility index (Phi) is 6.79. The molecule has 160 valence electrons. The maximum atomic E-state index is 14.3. The van der Waals surface area contributed by atoms with Crippen LogP contribution in [0.15, 0.2) is 18.2 Å². The van der Waals surface area contributed by atoms with Crippen molar-refractivity contribution in [2.24, 2.45) is 17.6 Å². The third kappa shape index (κ3) is 4.12. The van der Waals surface area contributed by atoms with Crippen LogP contribution in [-0.2, 0) is 4.79 Å². The van der Waals surface area contributed by atoms with Crippen LogP contribution in [0.3, 0.4) is 0 Å². The topological polar surface area (TPSA) is 66.6 Å². The molecule has 0 radical (unpaired) electrons. The third-order valence-corrected chi connectivity index (χ3v) is 6.70. The zero-order valence-electron chi connectivity index (χ0n) is 16.4. The number of halogens is 3. The molecule has 2 saturated heterocycles. The number of carbonyl (C=O) groups excluding carboxylic acids is 2. The van der Waals surface area contributed by atoms with E-state index in [1.807, 2.05) is 0 Å². The molecular formula is C21H28ClF2N3O2. The number of hydrogen-bond donors (Lipinski definition) is 1. The van der Waals surface area contributed by atoms with E-state index < -0.39 is 23.6 Å². The molecule has 1 saturated carbocycles. The van der Waals surface area contributed by atoms with Gasteiger partial charge in [-0.3, -0.25) is 9.59 Å². The molecule has 2 amide bonds. The van der Waals surface area contributed by atoms with Gasteiger partial charge in [0, 0.05) is 25.2 Å². The number of rotatable bonds is 3. The van der Waals surface area contributed by atoms with E-state index in [-0.39, 0.29) is 35.8 Å². The molecule has 2 aliphatic heterocycles. The molecular weight excluding hydrogens is 400 g/mol. The van der Waals surface area contributed by atoms with E-state index in [1.54, 1.807) is 9.80 Å². The summed E-state index contributed by atoms with van der Waals surface area (Å²) in [5, 5.41) is 0. The summed E-state index contributed by atoms with van der Waals surface area (Å²) in [4.78, 5) is 29.9. The second-order valence-electron chi connectivity index (χ2n) is 8.37. The molecule has 8 heteroatoms. The van der Waals surface area contributed by atoms with Crippen LogP contribution in [0.1, 0.15) is 48.9 Å². The number of nitrogens with zero attached hydrogens (tertiary/aromatic N) is 2. The molecule has 4 unspecified atom stereocenters. The Bertz CT molecular complexity index is 778. The van der Waals surface area contributed by atoms with Crippen LogP contribution in [0, 0.1) is 23.5 Å². The van der Waals surface area contributed by atoms with Crippen molar-refractivity contribution < 1.29 is 18.4 Å². The largest absolute Gasteiger partial charge is 0.341 e.